The van der Waals surface area contributed by atoms with Crippen molar-refractivity contribution in [3.05, 3.63) is 67.8 Å². The van der Waals surface area contributed by atoms with Gasteiger partial charge in [0.2, 0.25) is 5.60 Å². The van der Waals surface area contributed by atoms with Crippen LogP contribution in [0.5, 0.6) is 5.75 Å². The molecule has 14 heteroatoms. The van der Waals surface area contributed by atoms with Crippen molar-refractivity contribution in [3.63, 3.8) is 0 Å². The lowest BCUT2D eigenvalue weighted by Crippen LogP contribution is -2.68. The number of ether oxygens (including phenoxy) is 1. The van der Waals surface area contributed by atoms with Crippen LogP contribution in [0.4, 0.5) is 26.3 Å². The van der Waals surface area contributed by atoms with Gasteiger partial charge in [-0.15, -0.1) is 22.7 Å². The minimum Gasteiger partial charge on any atom is -0.474 e. The highest BCUT2D eigenvalue weighted by Crippen LogP contribution is 2.43. The number of thiophene rings is 2. The number of carbonyl (C=O) groups is 2. The van der Waals surface area contributed by atoms with Crippen molar-refractivity contribution < 1.29 is 40.7 Å². The van der Waals surface area contributed by atoms with Gasteiger partial charge in [-0.2, -0.15) is 26.3 Å². The number of rotatable bonds is 6. The molecular weight excluding hydrogens is 604 g/mol. The molecule has 5 rings (SSSR count). The molecule has 42 heavy (non-hydrogen) atoms. The van der Waals surface area contributed by atoms with E-state index in [1.54, 1.807) is 23.2 Å². The SMILES string of the molecule is CCC[C@H]1N(C(=O)c2ncccc2C(F)(F)F)CCC[C@]1(Oc1csc(C(F)(F)F)c1)C(=O)N1CCc2sccc2C1. The van der Waals surface area contributed by atoms with Gasteiger partial charge in [0.15, 0.2) is 0 Å². The minimum absolute atomic E-state index is 0.0296. The summed E-state index contributed by atoms with van der Waals surface area (Å²) in [7, 11) is 0. The van der Waals surface area contributed by atoms with E-state index in [0.717, 1.165) is 40.2 Å². The first-order valence-corrected chi connectivity index (χ1v) is 15.1. The Bertz CT molecular complexity index is 1450. The molecule has 6 nitrogen and oxygen atoms in total. The lowest BCUT2D eigenvalue weighted by molar-refractivity contribution is -0.160. The maximum atomic E-state index is 14.5. The lowest BCUT2D eigenvalue weighted by atomic mass is 9.79. The Morgan fingerprint density at radius 1 is 1.12 bits per heavy atom. The zero-order chi connectivity index (χ0) is 30.3. The Balaban J connectivity index is 1.58. The van der Waals surface area contributed by atoms with Gasteiger partial charge in [0.05, 0.1) is 11.6 Å². The van der Waals surface area contributed by atoms with Crippen molar-refractivity contribution in [1.82, 2.24) is 14.8 Å². The second-order valence-electron chi connectivity index (χ2n) is 10.3. The number of pyridine rings is 1. The van der Waals surface area contributed by atoms with Crippen molar-refractivity contribution in [2.24, 2.45) is 0 Å². The van der Waals surface area contributed by atoms with Gasteiger partial charge in [-0.25, -0.2) is 0 Å². The van der Waals surface area contributed by atoms with E-state index in [0.29, 0.717) is 30.7 Å². The Kier molecular flexibility index (Phi) is 8.31. The van der Waals surface area contributed by atoms with E-state index in [9.17, 15) is 35.9 Å². The standard InChI is InChI=1S/C28H27F6N3O3S2/c1-2-5-21-26(40-18-14-22(42-16-18)28(32,33)34,25(39)36-12-7-20-17(15-36)8-13-41-20)9-4-11-37(21)24(38)23-19(27(29,30)31)6-3-10-35-23/h3,6,8,10,13-14,16,21H,2,4-5,7,9,11-12,15H2,1H3/t21-,26-/m1/s1. The highest BCUT2D eigenvalue weighted by Gasteiger charge is 2.56. The number of amides is 2. The summed E-state index contributed by atoms with van der Waals surface area (Å²) in [4.78, 5) is 35.0. The summed E-state index contributed by atoms with van der Waals surface area (Å²) >= 11 is 1.99. The number of hydrogen-bond donors (Lipinski definition) is 0. The van der Waals surface area contributed by atoms with Gasteiger partial charge in [-0.3, -0.25) is 14.6 Å². The fraction of sp³-hybridized carbons (Fsp3) is 0.464. The van der Waals surface area contributed by atoms with Gasteiger partial charge in [0, 0.05) is 48.6 Å². The van der Waals surface area contributed by atoms with Crippen molar-refractivity contribution in [1.29, 1.82) is 0 Å². The molecule has 1 fully saturated rings. The molecule has 0 aromatic carbocycles. The van der Waals surface area contributed by atoms with Gasteiger partial charge in [-0.05, 0) is 48.4 Å². The number of alkyl halides is 6. The molecule has 1 saturated heterocycles. The molecule has 3 aromatic heterocycles. The van der Waals surface area contributed by atoms with Crippen molar-refractivity contribution in [2.75, 3.05) is 13.1 Å². The lowest BCUT2D eigenvalue weighted by Gasteiger charge is -2.50. The molecule has 2 aliphatic heterocycles. The summed E-state index contributed by atoms with van der Waals surface area (Å²) in [6.07, 6.45) is -6.97. The van der Waals surface area contributed by atoms with Crippen LogP contribution in [0.15, 0.2) is 41.2 Å². The fourth-order valence-corrected chi connectivity index (χ4v) is 7.33. The summed E-state index contributed by atoms with van der Waals surface area (Å²) in [5.74, 6) is -1.70. The molecule has 226 valence electrons. The number of hydrogen-bond acceptors (Lipinski definition) is 6. The Morgan fingerprint density at radius 2 is 1.90 bits per heavy atom. The smallest absolute Gasteiger partial charge is 0.425 e. The second-order valence-corrected chi connectivity index (χ2v) is 12.2. The highest BCUT2D eigenvalue weighted by molar-refractivity contribution is 7.10. The molecule has 0 bridgehead atoms. The van der Waals surface area contributed by atoms with E-state index >= 15 is 0 Å². The number of aromatic nitrogens is 1. The van der Waals surface area contributed by atoms with Crippen molar-refractivity contribution >= 4 is 34.5 Å². The summed E-state index contributed by atoms with van der Waals surface area (Å²) in [5, 5.41) is 3.08. The second kappa shape index (κ2) is 11.5. The van der Waals surface area contributed by atoms with Crippen LogP contribution in [0.2, 0.25) is 0 Å². The van der Waals surface area contributed by atoms with Gasteiger partial charge >= 0.3 is 12.4 Å². The van der Waals surface area contributed by atoms with Crippen LogP contribution in [0.3, 0.4) is 0 Å². The van der Waals surface area contributed by atoms with Crippen LogP contribution >= 0.6 is 22.7 Å². The van der Waals surface area contributed by atoms with Gasteiger partial charge in [-0.1, -0.05) is 13.3 Å². The monoisotopic (exact) mass is 631 g/mol. The average molecular weight is 632 g/mol. The Hall–Kier alpha value is -3.13. The fourth-order valence-electron chi connectivity index (χ4n) is 5.77. The van der Waals surface area contributed by atoms with E-state index in [4.69, 9.17) is 4.74 Å². The van der Waals surface area contributed by atoms with Gasteiger partial charge in [0.25, 0.3) is 11.8 Å². The quantitative estimate of drug-likeness (QED) is 0.274. The molecule has 0 N–H and O–H groups in total. The Labute approximate surface area is 245 Å². The van der Waals surface area contributed by atoms with E-state index < -0.39 is 51.9 Å². The number of halogens is 6. The van der Waals surface area contributed by atoms with Crippen LogP contribution in [-0.4, -0.2) is 51.3 Å². The predicted octanol–water partition coefficient (Wildman–Crippen LogP) is 7.05. The normalized spacial score (nSPS) is 21.3. The van der Waals surface area contributed by atoms with Crippen LogP contribution in [0, 0.1) is 0 Å². The van der Waals surface area contributed by atoms with Gasteiger partial charge < -0.3 is 14.5 Å². The first kappa shape index (κ1) is 30.3. The molecule has 0 spiro atoms. The number of nitrogens with zero attached hydrogens (tertiary/aromatic N) is 3. The number of piperidine rings is 1. The minimum atomic E-state index is -4.85. The third-order valence-electron chi connectivity index (χ3n) is 7.61. The zero-order valence-electron chi connectivity index (χ0n) is 22.4. The van der Waals surface area contributed by atoms with Crippen molar-refractivity contribution in [2.45, 2.75) is 69.6 Å². The molecule has 0 unspecified atom stereocenters. The highest BCUT2D eigenvalue weighted by atomic mass is 32.1. The molecule has 2 amide bonds. The molecule has 3 aromatic rings. The summed E-state index contributed by atoms with van der Waals surface area (Å²) < 4.78 is 88.1. The molecule has 5 heterocycles. The van der Waals surface area contributed by atoms with E-state index in [-0.39, 0.29) is 38.1 Å². The molecular formula is C28H27F6N3O3S2. The molecule has 0 saturated carbocycles. The maximum absolute atomic E-state index is 14.5. The van der Waals surface area contributed by atoms with Crippen LogP contribution in [0.1, 0.15) is 64.0 Å². The third-order valence-corrected chi connectivity index (χ3v) is 9.59. The van der Waals surface area contributed by atoms with Crippen LogP contribution < -0.4 is 4.74 Å². The topological polar surface area (TPSA) is 62.7 Å². The van der Waals surface area contributed by atoms with Crippen LogP contribution in [0.25, 0.3) is 0 Å². The first-order chi connectivity index (χ1) is 19.8. The molecule has 0 radical (unpaired) electrons. The number of carbonyl (C=O) groups excluding carboxylic acids is 2. The maximum Gasteiger partial charge on any atom is 0.425 e. The van der Waals surface area contributed by atoms with E-state index in [1.807, 2.05) is 11.4 Å². The summed E-state index contributed by atoms with van der Waals surface area (Å²) in [6, 6.07) is 3.51. The number of fused-ring (bicyclic) bond motifs is 1. The molecule has 0 aliphatic carbocycles. The van der Waals surface area contributed by atoms with Crippen LogP contribution in [-0.2, 0) is 30.1 Å². The molecule has 2 atom stereocenters. The summed E-state index contributed by atoms with van der Waals surface area (Å²) in [6.45, 7) is 2.41. The van der Waals surface area contributed by atoms with E-state index in [2.05, 4.69) is 4.98 Å². The zero-order valence-corrected chi connectivity index (χ0v) is 24.1. The largest absolute Gasteiger partial charge is 0.474 e. The van der Waals surface area contributed by atoms with Crippen molar-refractivity contribution in [3.8, 4) is 5.75 Å². The predicted molar refractivity (Wildman–Crippen MR) is 144 cm³/mol. The summed E-state index contributed by atoms with van der Waals surface area (Å²) in [5.41, 5.74) is -2.88. The Morgan fingerprint density at radius 3 is 2.60 bits per heavy atom. The third kappa shape index (κ3) is 5.75. The molecule has 2 aliphatic rings. The van der Waals surface area contributed by atoms with E-state index in [1.165, 1.54) is 4.90 Å². The average Bonchev–Trinajstić information content (AvgIpc) is 3.62. The van der Waals surface area contributed by atoms with Gasteiger partial charge in [0.1, 0.15) is 16.3 Å². The first-order valence-electron chi connectivity index (χ1n) is 13.4. The number of likely N-dealkylation sites (tertiary alicyclic amines) is 1.